The zero-order valence-electron chi connectivity index (χ0n) is 9.62. The number of nitrogens with one attached hydrogen (secondary N) is 1. The number of hydrogen-bond donors (Lipinski definition) is 2. The fourth-order valence-corrected chi connectivity index (χ4v) is 2.71. The Labute approximate surface area is 99.5 Å². The summed E-state index contributed by atoms with van der Waals surface area (Å²) in [6, 6.07) is 1.75. The van der Waals surface area contributed by atoms with E-state index in [4.69, 9.17) is 5.11 Å². The van der Waals surface area contributed by atoms with Gasteiger partial charge < -0.3 is 10.4 Å². The molecule has 1 saturated carbocycles. The molecule has 1 aromatic heterocycles. The summed E-state index contributed by atoms with van der Waals surface area (Å²) >= 11 is 1.51. The highest BCUT2D eigenvalue weighted by molar-refractivity contribution is 7.10. The molecular formula is C12H17NO2S. The van der Waals surface area contributed by atoms with Crippen LogP contribution in [0.5, 0.6) is 0 Å². The lowest BCUT2D eigenvalue weighted by molar-refractivity contribution is 0.0697. The first-order valence-electron chi connectivity index (χ1n) is 5.50. The van der Waals surface area contributed by atoms with Crippen LogP contribution in [0.25, 0.3) is 0 Å². The first-order valence-corrected chi connectivity index (χ1v) is 6.38. The van der Waals surface area contributed by atoms with Gasteiger partial charge in [0.2, 0.25) is 0 Å². The maximum absolute atomic E-state index is 10.7. The van der Waals surface area contributed by atoms with Crippen LogP contribution in [0.1, 0.15) is 35.5 Å². The third-order valence-electron chi connectivity index (χ3n) is 3.31. The smallest absolute Gasteiger partial charge is 0.336 e. The van der Waals surface area contributed by atoms with E-state index in [1.807, 2.05) is 0 Å². The first kappa shape index (κ1) is 11.6. The normalized spacial score (nSPS) is 22.0. The lowest BCUT2D eigenvalue weighted by Crippen LogP contribution is -2.17. The maximum atomic E-state index is 10.7. The average Bonchev–Trinajstić information content (AvgIpc) is 2.65. The van der Waals surface area contributed by atoms with Gasteiger partial charge in [-0.15, -0.1) is 11.3 Å². The van der Waals surface area contributed by atoms with E-state index < -0.39 is 5.97 Å². The number of thiophene rings is 1. The van der Waals surface area contributed by atoms with E-state index in [-0.39, 0.29) is 0 Å². The van der Waals surface area contributed by atoms with Crippen molar-refractivity contribution in [2.24, 2.45) is 11.3 Å². The molecule has 16 heavy (non-hydrogen) atoms. The highest BCUT2D eigenvalue weighted by Crippen LogP contribution is 2.50. The molecule has 1 aliphatic carbocycles. The first-order chi connectivity index (χ1) is 7.49. The second kappa shape index (κ2) is 4.18. The number of carboxylic acids is 1. The van der Waals surface area contributed by atoms with Crippen molar-refractivity contribution in [2.75, 3.05) is 6.54 Å². The van der Waals surface area contributed by atoms with Crippen molar-refractivity contribution in [1.82, 2.24) is 5.32 Å². The Hall–Kier alpha value is -0.870. The number of hydrogen-bond acceptors (Lipinski definition) is 3. The molecule has 0 radical (unpaired) electrons. The molecule has 1 heterocycles. The van der Waals surface area contributed by atoms with Crippen LogP contribution in [0.2, 0.25) is 0 Å². The molecule has 1 aliphatic rings. The quantitative estimate of drug-likeness (QED) is 0.830. The molecule has 1 fully saturated rings. The molecule has 1 atom stereocenters. The van der Waals surface area contributed by atoms with E-state index in [0.717, 1.165) is 23.9 Å². The summed E-state index contributed by atoms with van der Waals surface area (Å²) in [7, 11) is 0. The minimum absolute atomic E-state index is 0.397. The van der Waals surface area contributed by atoms with Crippen LogP contribution in [0.4, 0.5) is 0 Å². The summed E-state index contributed by atoms with van der Waals surface area (Å²) in [5.74, 6) is -0.0581. The summed E-state index contributed by atoms with van der Waals surface area (Å²) in [6.07, 6.45) is 1.30. The van der Waals surface area contributed by atoms with Crippen molar-refractivity contribution in [3.63, 3.8) is 0 Å². The summed E-state index contributed by atoms with van der Waals surface area (Å²) in [5, 5.41) is 13.9. The molecule has 4 heteroatoms. The summed E-state index contributed by atoms with van der Waals surface area (Å²) in [6.45, 7) is 6.39. The van der Waals surface area contributed by atoms with E-state index in [1.54, 1.807) is 11.4 Å². The van der Waals surface area contributed by atoms with Crippen LogP contribution in [-0.4, -0.2) is 17.6 Å². The third kappa shape index (κ3) is 2.62. The van der Waals surface area contributed by atoms with Crippen LogP contribution < -0.4 is 5.32 Å². The molecule has 0 aliphatic heterocycles. The Morgan fingerprint density at radius 3 is 2.88 bits per heavy atom. The van der Waals surface area contributed by atoms with Crippen LogP contribution in [-0.2, 0) is 6.54 Å². The van der Waals surface area contributed by atoms with Crippen molar-refractivity contribution in [1.29, 1.82) is 0 Å². The third-order valence-corrected chi connectivity index (χ3v) is 4.24. The van der Waals surface area contributed by atoms with Crippen LogP contribution in [0.15, 0.2) is 11.4 Å². The molecule has 2 N–H and O–H groups in total. The molecule has 88 valence electrons. The van der Waals surface area contributed by atoms with Gasteiger partial charge in [-0.3, -0.25) is 0 Å². The Kier molecular flexibility index (Phi) is 3.04. The van der Waals surface area contributed by atoms with Gasteiger partial charge in [0.1, 0.15) is 0 Å². The molecule has 2 rings (SSSR count). The van der Waals surface area contributed by atoms with E-state index in [2.05, 4.69) is 19.2 Å². The van der Waals surface area contributed by atoms with Gasteiger partial charge in [-0.25, -0.2) is 4.79 Å². The Morgan fingerprint density at radius 2 is 2.38 bits per heavy atom. The Morgan fingerprint density at radius 1 is 1.69 bits per heavy atom. The zero-order valence-corrected chi connectivity index (χ0v) is 10.4. The SMILES string of the molecule is CC1(C)CC1CNCc1cc(C(=O)O)cs1. The van der Waals surface area contributed by atoms with Gasteiger partial charge in [-0.2, -0.15) is 0 Å². The Bertz CT molecular complexity index is 397. The summed E-state index contributed by atoms with van der Waals surface area (Å²) in [4.78, 5) is 11.8. The van der Waals surface area contributed by atoms with E-state index in [1.165, 1.54) is 17.8 Å². The molecule has 0 spiro atoms. The molecule has 3 nitrogen and oxygen atoms in total. The molecule has 1 aromatic rings. The second-order valence-corrected chi connectivity index (χ2v) is 6.12. The van der Waals surface area contributed by atoms with Crippen molar-refractivity contribution >= 4 is 17.3 Å². The summed E-state index contributed by atoms with van der Waals surface area (Å²) in [5.41, 5.74) is 0.905. The minimum Gasteiger partial charge on any atom is -0.478 e. The van der Waals surface area contributed by atoms with E-state index in [9.17, 15) is 4.79 Å². The predicted octanol–water partition coefficient (Wildman–Crippen LogP) is 2.58. The van der Waals surface area contributed by atoms with Gasteiger partial charge in [-0.05, 0) is 30.4 Å². The summed E-state index contributed by atoms with van der Waals surface area (Å²) < 4.78 is 0. The lowest BCUT2D eigenvalue weighted by Gasteiger charge is -2.04. The molecule has 0 bridgehead atoms. The van der Waals surface area contributed by atoms with Crippen LogP contribution in [0.3, 0.4) is 0 Å². The lowest BCUT2D eigenvalue weighted by atomic mass is 10.1. The standard InChI is InChI=1S/C12H17NO2S/c1-12(2)4-9(12)5-13-6-10-3-8(7-16-10)11(14)15/h3,7,9,13H,4-6H2,1-2H3,(H,14,15). The maximum Gasteiger partial charge on any atom is 0.336 e. The largest absolute Gasteiger partial charge is 0.478 e. The second-order valence-electron chi connectivity index (χ2n) is 5.13. The van der Waals surface area contributed by atoms with Crippen molar-refractivity contribution < 1.29 is 9.90 Å². The number of rotatable bonds is 5. The van der Waals surface area contributed by atoms with Gasteiger partial charge >= 0.3 is 5.97 Å². The molecule has 0 amide bonds. The van der Waals surface area contributed by atoms with Gasteiger partial charge in [0.25, 0.3) is 0 Å². The highest BCUT2D eigenvalue weighted by Gasteiger charge is 2.44. The van der Waals surface area contributed by atoms with E-state index in [0.29, 0.717) is 11.0 Å². The topological polar surface area (TPSA) is 49.3 Å². The molecule has 0 saturated heterocycles. The van der Waals surface area contributed by atoms with Crippen LogP contribution in [0, 0.1) is 11.3 Å². The fraction of sp³-hybridized carbons (Fsp3) is 0.583. The molecule has 0 aromatic carbocycles. The average molecular weight is 239 g/mol. The van der Waals surface area contributed by atoms with Crippen LogP contribution >= 0.6 is 11.3 Å². The highest BCUT2D eigenvalue weighted by atomic mass is 32.1. The van der Waals surface area contributed by atoms with E-state index >= 15 is 0 Å². The van der Waals surface area contributed by atoms with Gasteiger partial charge in [0.05, 0.1) is 5.56 Å². The Balaban J connectivity index is 1.75. The monoisotopic (exact) mass is 239 g/mol. The number of carbonyl (C=O) groups is 1. The van der Waals surface area contributed by atoms with Gasteiger partial charge in [-0.1, -0.05) is 13.8 Å². The van der Waals surface area contributed by atoms with Gasteiger partial charge in [0.15, 0.2) is 0 Å². The zero-order chi connectivity index (χ0) is 11.8. The molecule has 1 unspecified atom stereocenters. The van der Waals surface area contributed by atoms with Crippen molar-refractivity contribution in [3.8, 4) is 0 Å². The molecular weight excluding hydrogens is 222 g/mol. The predicted molar refractivity (Wildman–Crippen MR) is 64.9 cm³/mol. The fourth-order valence-electron chi connectivity index (χ4n) is 1.88. The number of carboxylic acid groups (broad SMARTS) is 1. The number of aromatic carboxylic acids is 1. The minimum atomic E-state index is -0.842. The van der Waals surface area contributed by atoms with Gasteiger partial charge in [0, 0.05) is 16.8 Å². The van der Waals surface area contributed by atoms with Crippen molar-refractivity contribution in [2.45, 2.75) is 26.8 Å². The van der Waals surface area contributed by atoms with Crippen molar-refractivity contribution in [3.05, 3.63) is 21.9 Å².